The summed E-state index contributed by atoms with van der Waals surface area (Å²) in [4.78, 5) is 24.8. The standard InChI is InChI=1S/C27H38O8/c1-11-14(3)17(6)30-22-21(31-18(7)28)19(13-20-27(22,10)34-20)16(5)24(32-23(29)15(4)12-2)33-25-26(8,9)35-25/h11-12,19-22,24-25H,5-6,13H2,1-4,7-10H3/b14-11+,15-12+/t19-,20-,21+,22-,24?,25+,27-/m0/s1. The van der Waals surface area contributed by atoms with E-state index in [-0.39, 0.29) is 6.10 Å². The van der Waals surface area contributed by atoms with Crippen LogP contribution < -0.4 is 0 Å². The fourth-order valence-corrected chi connectivity index (χ4v) is 4.22. The molecule has 35 heavy (non-hydrogen) atoms. The van der Waals surface area contributed by atoms with E-state index in [1.807, 2.05) is 40.7 Å². The fourth-order valence-electron chi connectivity index (χ4n) is 4.22. The molecule has 7 atom stereocenters. The van der Waals surface area contributed by atoms with E-state index < -0.39 is 53.8 Å². The van der Waals surface area contributed by atoms with Crippen LogP contribution in [0.25, 0.3) is 0 Å². The average molecular weight is 491 g/mol. The van der Waals surface area contributed by atoms with Crippen molar-refractivity contribution in [3.8, 4) is 0 Å². The molecular formula is C27H38O8. The van der Waals surface area contributed by atoms with Gasteiger partial charge in [-0.3, -0.25) is 4.79 Å². The van der Waals surface area contributed by atoms with Gasteiger partial charge in [-0.1, -0.05) is 25.3 Å². The number of esters is 2. The van der Waals surface area contributed by atoms with Crippen molar-refractivity contribution in [1.29, 1.82) is 0 Å². The van der Waals surface area contributed by atoms with Gasteiger partial charge >= 0.3 is 11.9 Å². The van der Waals surface area contributed by atoms with Crippen molar-refractivity contribution < 1.29 is 38.0 Å². The predicted octanol–water partition coefficient (Wildman–Crippen LogP) is 4.50. The van der Waals surface area contributed by atoms with Gasteiger partial charge in [-0.25, -0.2) is 4.79 Å². The first-order valence-electron chi connectivity index (χ1n) is 11.9. The fraction of sp³-hybridized carbons (Fsp3) is 0.630. The Morgan fingerprint density at radius 2 is 1.60 bits per heavy atom. The van der Waals surface area contributed by atoms with E-state index >= 15 is 0 Å². The first-order chi connectivity index (χ1) is 16.2. The van der Waals surface area contributed by atoms with Gasteiger partial charge in [0.1, 0.15) is 23.1 Å². The molecule has 0 aromatic rings. The van der Waals surface area contributed by atoms with Crippen LogP contribution >= 0.6 is 0 Å². The molecule has 0 aromatic heterocycles. The first-order valence-corrected chi connectivity index (χ1v) is 11.9. The summed E-state index contributed by atoms with van der Waals surface area (Å²) >= 11 is 0. The second kappa shape index (κ2) is 9.91. The molecule has 2 heterocycles. The SMILES string of the molecule is C=C(O[C@H]1[C@H](OC(C)=O)[C@H](C(=C)C(OC(=O)/C(C)=C/C)O[C@@H]2OC2(C)C)C[C@@H]2O[C@@]21C)/C(C)=C/C. The average Bonchev–Trinajstić information content (AvgIpc) is 3.65. The zero-order valence-corrected chi connectivity index (χ0v) is 22.0. The number of allylic oxidation sites excluding steroid dienone is 3. The Morgan fingerprint density at radius 3 is 2.11 bits per heavy atom. The summed E-state index contributed by atoms with van der Waals surface area (Å²) in [5.74, 6) is -1.00. The Morgan fingerprint density at radius 1 is 1.00 bits per heavy atom. The zero-order valence-electron chi connectivity index (χ0n) is 22.0. The lowest BCUT2D eigenvalue weighted by Gasteiger charge is -2.40. The van der Waals surface area contributed by atoms with Gasteiger partial charge < -0.3 is 28.4 Å². The predicted molar refractivity (Wildman–Crippen MR) is 129 cm³/mol. The van der Waals surface area contributed by atoms with Gasteiger partial charge in [0.2, 0.25) is 6.29 Å². The molecule has 2 saturated heterocycles. The zero-order chi connectivity index (χ0) is 26.3. The van der Waals surface area contributed by atoms with Gasteiger partial charge in [0.05, 0.1) is 6.10 Å². The van der Waals surface area contributed by atoms with Crippen LogP contribution in [-0.4, -0.2) is 54.0 Å². The Hall–Kier alpha value is -2.42. The summed E-state index contributed by atoms with van der Waals surface area (Å²) in [5.41, 5.74) is 0.579. The Kier molecular flexibility index (Phi) is 7.70. The van der Waals surface area contributed by atoms with Crippen LogP contribution in [0.5, 0.6) is 0 Å². The molecule has 0 bridgehead atoms. The third-order valence-electron chi connectivity index (χ3n) is 7.07. The number of hydrogen-bond donors (Lipinski definition) is 0. The van der Waals surface area contributed by atoms with Crippen molar-refractivity contribution in [3.63, 3.8) is 0 Å². The smallest absolute Gasteiger partial charge is 0.335 e. The summed E-state index contributed by atoms with van der Waals surface area (Å²) in [6.07, 6.45) is 0.813. The molecule has 0 N–H and O–H groups in total. The van der Waals surface area contributed by atoms with Crippen LogP contribution in [0, 0.1) is 5.92 Å². The van der Waals surface area contributed by atoms with E-state index in [1.54, 1.807) is 19.9 Å². The van der Waals surface area contributed by atoms with Gasteiger partial charge in [-0.15, -0.1) is 0 Å². The van der Waals surface area contributed by atoms with E-state index in [1.165, 1.54) is 6.92 Å². The lowest BCUT2D eigenvalue weighted by molar-refractivity contribution is -0.182. The molecule has 194 valence electrons. The molecule has 0 spiro atoms. The molecule has 3 fully saturated rings. The molecular weight excluding hydrogens is 452 g/mol. The molecule has 3 aliphatic rings. The highest BCUT2D eigenvalue weighted by Crippen LogP contribution is 2.54. The summed E-state index contributed by atoms with van der Waals surface area (Å²) in [6.45, 7) is 22.5. The maximum absolute atomic E-state index is 12.6. The largest absolute Gasteiger partial charge is 0.484 e. The molecule has 0 radical (unpaired) electrons. The van der Waals surface area contributed by atoms with Crippen molar-refractivity contribution in [2.24, 2.45) is 5.92 Å². The van der Waals surface area contributed by atoms with Crippen LogP contribution in [0.3, 0.4) is 0 Å². The minimum absolute atomic E-state index is 0.151. The lowest BCUT2D eigenvalue weighted by atomic mass is 9.74. The molecule has 8 heteroatoms. The lowest BCUT2D eigenvalue weighted by Crippen LogP contribution is -2.53. The molecule has 8 nitrogen and oxygen atoms in total. The normalized spacial score (nSPS) is 34.2. The summed E-state index contributed by atoms with van der Waals surface area (Å²) < 4.78 is 35.4. The monoisotopic (exact) mass is 490 g/mol. The van der Waals surface area contributed by atoms with Gasteiger partial charge in [0, 0.05) is 18.4 Å². The summed E-state index contributed by atoms with van der Waals surface area (Å²) in [6, 6.07) is 0. The van der Waals surface area contributed by atoms with Crippen LogP contribution in [0.2, 0.25) is 0 Å². The summed E-state index contributed by atoms with van der Waals surface area (Å²) in [7, 11) is 0. The number of ether oxygens (including phenoxy) is 6. The minimum Gasteiger partial charge on any atom is -0.484 e. The van der Waals surface area contributed by atoms with Crippen LogP contribution in [0.4, 0.5) is 0 Å². The first kappa shape index (κ1) is 27.2. The van der Waals surface area contributed by atoms with Crippen molar-refractivity contribution in [2.75, 3.05) is 0 Å². The Bertz CT molecular complexity index is 960. The second-order valence-electron chi connectivity index (χ2n) is 10.1. The molecule has 1 saturated carbocycles. The highest BCUT2D eigenvalue weighted by atomic mass is 16.8. The van der Waals surface area contributed by atoms with E-state index in [9.17, 15) is 9.59 Å². The highest BCUT2D eigenvalue weighted by molar-refractivity contribution is 5.87. The maximum atomic E-state index is 12.6. The van der Waals surface area contributed by atoms with Crippen LogP contribution in [0.15, 0.2) is 47.8 Å². The van der Waals surface area contributed by atoms with Crippen molar-refractivity contribution in [1.82, 2.24) is 0 Å². The number of rotatable bonds is 10. The third kappa shape index (κ3) is 5.71. The Balaban J connectivity index is 1.91. The van der Waals surface area contributed by atoms with Crippen molar-refractivity contribution in [3.05, 3.63) is 47.8 Å². The molecule has 2 aliphatic heterocycles. The number of carbonyl (C=O) groups excluding carboxylic acids is 2. The number of carbonyl (C=O) groups is 2. The summed E-state index contributed by atoms with van der Waals surface area (Å²) in [5, 5.41) is 0. The van der Waals surface area contributed by atoms with E-state index in [0.29, 0.717) is 23.3 Å². The number of fused-ring (bicyclic) bond motifs is 1. The molecule has 3 rings (SSSR count). The van der Waals surface area contributed by atoms with Crippen LogP contribution in [0.1, 0.15) is 61.8 Å². The minimum atomic E-state index is -1.11. The quantitative estimate of drug-likeness (QED) is 0.0840. The van der Waals surface area contributed by atoms with Crippen molar-refractivity contribution >= 4 is 11.9 Å². The van der Waals surface area contributed by atoms with Gasteiger partial charge in [0.25, 0.3) is 0 Å². The molecule has 1 unspecified atom stereocenters. The van der Waals surface area contributed by atoms with Crippen LogP contribution in [-0.2, 0) is 38.0 Å². The third-order valence-corrected chi connectivity index (χ3v) is 7.07. The van der Waals surface area contributed by atoms with E-state index in [2.05, 4.69) is 13.2 Å². The topological polar surface area (TPSA) is 96.1 Å². The molecule has 0 aromatic carbocycles. The van der Waals surface area contributed by atoms with E-state index in [0.717, 1.165) is 5.57 Å². The Labute approximate surface area is 207 Å². The second-order valence-corrected chi connectivity index (χ2v) is 10.1. The van der Waals surface area contributed by atoms with Gasteiger partial charge in [-0.2, -0.15) is 0 Å². The number of epoxide rings is 2. The number of hydrogen-bond acceptors (Lipinski definition) is 8. The highest BCUT2D eigenvalue weighted by Gasteiger charge is 2.68. The molecule has 1 aliphatic carbocycles. The van der Waals surface area contributed by atoms with Crippen molar-refractivity contribution in [2.45, 2.75) is 104 Å². The van der Waals surface area contributed by atoms with Gasteiger partial charge in [0.15, 0.2) is 12.4 Å². The van der Waals surface area contributed by atoms with Gasteiger partial charge in [-0.05, 0) is 66.0 Å². The molecule has 0 amide bonds. The van der Waals surface area contributed by atoms with E-state index in [4.69, 9.17) is 28.4 Å². The maximum Gasteiger partial charge on any atom is 0.335 e.